The van der Waals surface area contributed by atoms with Crippen LogP contribution in [0.25, 0.3) is 0 Å². The molecule has 1 aromatic heterocycles. The molecule has 5 heteroatoms. The minimum Gasteiger partial charge on any atom is -0.487 e. The van der Waals surface area contributed by atoms with Crippen LogP contribution in [-0.2, 0) is 25.9 Å². The van der Waals surface area contributed by atoms with Gasteiger partial charge in [0.1, 0.15) is 17.2 Å². The second kappa shape index (κ2) is 7.37. The SMILES string of the molecule is CN1CCCC[C@@H]1c1ncc2c(n1)CCN(Cc1ccc3c(c1)CC(C)(C)O3)C2. The molecule has 0 amide bonds. The van der Waals surface area contributed by atoms with Crippen molar-refractivity contribution in [2.45, 2.75) is 70.7 Å². The molecule has 1 atom stereocenters. The van der Waals surface area contributed by atoms with Crippen LogP contribution in [0.1, 0.15) is 67.4 Å². The summed E-state index contributed by atoms with van der Waals surface area (Å²) < 4.78 is 6.02. The summed E-state index contributed by atoms with van der Waals surface area (Å²) in [6.07, 6.45) is 7.85. The Balaban J connectivity index is 1.27. The van der Waals surface area contributed by atoms with Gasteiger partial charge in [-0.2, -0.15) is 0 Å². The van der Waals surface area contributed by atoms with Gasteiger partial charge in [0.2, 0.25) is 0 Å². The van der Waals surface area contributed by atoms with Gasteiger partial charge in [-0.1, -0.05) is 18.6 Å². The molecule has 0 radical (unpaired) electrons. The third-order valence-corrected chi connectivity index (χ3v) is 6.63. The van der Waals surface area contributed by atoms with Crippen molar-refractivity contribution in [3.63, 3.8) is 0 Å². The maximum absolute atomic E-state index is 6.02. The van der Waals surface area contributed by atoms with Gasteiger partial charge in [-0.05, 0) is 57.5 Å². The molecular weight excluding hydrogens is 360 g/mol. The lowest BCUT2D eigenvalue weighted by molar-refractivity contribution is 0.138. The molecule has 3 aliphatic rings. The van der Waals surface area contributed by atoms with E-state index in [0.717, 1.165) is 50.6 Å². The molecule has 4 heterocycles. The minimum absolute atomic E-state index is 0.0769. The van der Waals surface area contributed by atoms with Crippen LogP contribution in [-0.4, -0.2) is 45.5 Å². The van der Waals surface area contributed by atoms with Crippen molar-refractivity contribution in [1.82, 2.24) is 19.8 Å². The molecule has 0 N–H and O–H groups in total. The van der Waals surface area contributed by atoms with Crippen LogP contribution in [0, 0.1) is 0 Å². The lowest BCUT2D eigenvalue weighted by Gasteiger charge is -2.32. The lowest BCUT2D eigenvalue weighted by atomic mass is 9.99. The van der Waals surface area contributed by atoms with Gasteiger partial charge in [-0.3, -0.25) is 9.80 Å². The molecule has 3 aliphatic heterocycles. The Morgan fingerprint density at radius 1 is 1.17 bits per heavy atom. The standard InChI is InChI=1S/C24H32N4O/c1-24(2)13-18-12-17(7-8-22(18)29-24)15-28-11-9-20-19(16-28)14-25-23(26-20)21-6-4-5-10-27(21)3/h7-8,12,14,21H,4-6,9-11,13,15-16H2,1-3H3/t21-/m1/s1. The monoisotopic (exact) mass is 392 g/mol. The summed E-state index contributed by atoms with van der Waals surface area (Å²) >= 11 is 0. The molecule has 1 saturated heterocycles. The van der Waals surface area contributed by atoms with E-state index in [2.05, 4.69) is 55.1 Å². The maximum atomic E-state index is 6.02. The highest BCUT2D eigenvalue weighted by Crippen LogP contribution is 2.35. The zero-order valence-corrected chi connectivity index (χ0v) is 17.9. The molecule has 0 unspecified atom stereocenters. The fourth-order valence-corrected chi connectivity index (χ4v) is 5.11. The van der Waals surface area contributed by atoms with Crippen molar-refractivity contribution < 1.29 is 4.74 Å². The zero-order chi connectivity index (χ0) is 20.0. The quantitative estimate of drug-likeness (QED) is 0.792. The molecule has 0 saturated carbocycles. The normalized spacial score (nSPS) is 24.0. The van der Waals surface area contributed by atoms with Crippen molar-refractivity contribution >= 4 is 0 Å². The first-order valence-corrected chi connectivity index (χ1v) is 11.0. The average Bonchev–Trinajstić information content (AvgIpc) is 3.01. The van der Waals surface area contributed by atoms with E-state index in [4.69, 9.17) is 14.7 Å². The highest BCUT2D eigenvalue weighted by atomic mass is 16.5. The van der Waals surface area contributed by atoms with Crippen molar-refractivity contribution in [1.29, 1.82) is 0 Å². The van der Waals surface area contributed by atoms with Crippen LogP contribution >= 0.6 is 0 Å². The predicted octanol–water partition coefficient (Wildman–Crippen LogP) is 3.91. The fourth-order valence-electron chi connectivity index (χ4n) is 5.11. The molecule has 5 nitrogen and oxygen atoms in total. The van der Waals surface area contributed by atoms with Gasteiger partial charge in [-0.25, -0.2) is 9.97 Å². The Morgan fingerprint density at radius 2 is 2.07 bits per heavy atom. The summed E-state index contributed by atoms with van der Waals surface area (Å²) in [4.78, 5) is 14.7. The lowest BCUT2D eigenvalue weighted by Crippen LogP contribution is -2.33. The summed E-state index contributed by atoms with van der Waals surface area (Å²) in [6, 6.07) is 7.09. The number of benzene rings is 1. The van der Waals surface area contributed by atoms with Gasteiger partial charge >= 0.3 is 0 Å². The second-order valence-corrected chi connectivity index (χ2v) is 9.63. The van der Waals surface area contributed by atoms with E-state index in [9.17, 15) is 0 Å². The number of piperidine rings is 1. The van der Waals surface area contributed by atoms with Gasteiger partial charge in [0.25, 0.3) is 0 Å². The first kappa shape index (κ1) is 19.0. The minimum atomic E-state index is -0.0769. The van der Waals surface area contributed by atoms with E-state index >= 15 is 0 Å². The number of likely N-dealkylation sites (tertiary alicyclic amines) is 1. The Morgan fingerprint density at radius 3 is 2.93 bits per heavy atom. The van der Waals surface area contributed by atoms with Gasteiger partial charge < -0.3 is 4.74 Å². The topological polar surface area (TPSA) is 41.5 Å². The third-order valence-electron chi connectivity index (χ3n) is 6.63. The molecule has 0 spiro atoms. The van der Waals surface area contributed by atoms with Crippen molar-refractivity contribution in [3.05, 3.63) is 52.6 Å². The molecule has 5 rings (SSSR count). The number of fused-ring (bicyclic) bond motifs is 2. The molecule has 0 bridgehead atoms. The second-order valence-electron chi connectivity index (χ2n) is 9.63. The highest BCUT2D eigenvalue weighted by Gasteiger charge is 2.30. The fraction of sp³-hybridized carbons (Fsp3) is 0.583. The average molecular weight is 393 g/mol. The van der Waals surface area contributed by atoms with E-state index in [1.54, 1.807) is 0 Å². The first-order chi connectivity index (χ1) is 14.0. The largest absolute Gasteiger partial charge is 0.487 e. The molecule has 1 aromatic carbocycles. The number of nitrogens with zero attached hydrogens (tertiary/aromatic N) is 4. The Bertz CT molecular complexity index is 910. The zero-order valence-electron chi connectivity index (χ0n) is 17.9. The van der Waals surface area contributed by atoms with E-state index in [1.807, 2.05) is 0 Å². The summed E-state index contributed by atoms with van der Waals surface area (Å²) in [5, 5.41) is 0. The van der Waals surface area contributed by atoms with Crippen LogP contribution in [0.15, 0.2) is 24.4 Å². The first-order valence-electron chi connectivity index (χ1n) is 11.0. The molecule has 0 aliphatic carbocycles. The third kappa shape index (κ3) is 3.90. The van der Waals surface area contributed by atoms with Gasteiger partial charge in [0.15, 0.2) is 0 Å². The Labute approximate surface area is 174 Å². The van der Waals surface area contributed by atoms with Crippen molar-refractivity contribution in [2.75, 3.05) is 20.1 Å². The van der Waals surface area contributed by atoms with Crippen LogP contribution < -0.4 is 4.74 Å². The number of hydrogen-bond acceptors (Lipinski definition) is 5. The smallest absolute Gasteiger partial charge is 0.145 e. The van der Waals surface area contributed by atoms with Crippen LogP contribution in [0.3, 0.4) is 0 Å². The van der Waals surface area contributed by atoms with Crippen molar-refractivity contribution in [2.24, 2.45) is 0 Å². The van der Waals surface area contributed by atoms with Gasteiger partial charge in [0.05, 0.1) is 6.04 Å². The van der Waals surface area contributed by atoms with E-state index in [-0.39, 0.29) is 5.60 Å². The number of hydrogen-bond donors (Lipinski definition) is 0. The maximum Gasteiger partial charge on any atom is 0.145 e. The summed E-state index contributed by atoms with van der Waals surface area (Å²) in [6.45, 7) is 8.45. The molecule has 29 heavy (non-hydrogen) atoms. The number of ether oxygens (including phenoxy) is 1. The Kier molecular flexibility index (Phi) is 4.83. The molecular formula is C24H32N4O. The summed E-state index contributed by atoms with van der Waals surface area (Å²) in [7, 11) is 2.21. The van der Waals surface area contributed by atoms with Crippen LogP contribution in [0.2, 0.25) is 0 Å². The summed E-state index contributed by atoms with van der Waals surface area (Å²) in [5.41, 5.74) is 5.19. The molecule has 1 fully saturated rings. The molecule has 154 valence electrons. The highest BCUT2D eigenvalue weighted by molar-refractivity contribution is 5.42. The molecule has 2 aromatic rings. The van der Waals surface area contributed by atoms with E-state index in [0.29, 0.717) is 6.04 Å². The van der Waals surface area contributed by atoms with Gasteiger partial charge in [0, 0.05) is 49.9 Å². The van der Waals surface area contributed by atoms with E-state index < -0.39 is 0 Å². The van der Waals surface area contributed by atoms with E-state index in [1.165, 1.54) is 41.6 Å². The van der Waals surface area contributed by atoms with Crippen molar-refractivity contribution in [3.8, 4) is 5.75 Å². The number of aromatic nitrogens is 2. The predicted molar refractivity (Wildman–Crippen MR) is 114 cm³/mol. The van der Waals surface area contributed by atoms with Gasteiger partial charge in [-0.15, -0.1) is 0 Å². The number of rotatable bonds is 3. The van der Waals surface area contributed by atoms with Crippen LogP contribution in [0.5, 0.6) is 5.75 Å². The summed E-state index contributed by atoms with van der Waals surface area (Å²) in [5.74, 6) is 2.08. The van der Waals surface area contributed by atoms with Crippen LogP contribution in [0.4, 0.5) is 0 Å². The Hall–Kier alpha value is -1.98.